The first-order chi connectivity index (χ1) is 7.69. The van der Waals surface area contributed by atoms with Gasteiger partial charge in [-0.05, 0) is 25.3 Å². The van der Waals surface area contributed by atoms with Crippen molar-refractivity contribution in [3.05, 3.63) is 28.8 Å². The summed E-state index contributed by atoms with van der Waals surface area (Å²) in [7, 11) is 0. The van der Waals surface area contributed by atoms with E-state index >= 15 is 0 Å². The van der Waals surface area contributed by atoms with Gasteiger partial charge in [-0.25, -0.2) is 0 Å². The van der Waals surface area contributed by atoms with Crippen LogP contribution in [0.4, 0.5) is 5.69 Å². The van der Waals surface area contributed by atoms with Gasteiger partial charge in [-0.1, -0.05) is 40.3 Å². The Balaban J connectivity index is 2.49. The zero-order chi connectivity index (χ0) is 11.7. The van der Waals surface area contributed by atoms with Crippen molar-refractivity contribution in [3.63, 3.8) is 0 Å². The average molecular weight is 369 g/mol. The molecule has 88 valence electrons. The van der Waals surface area contributed by atoms with Crippen LogP contribution in [0.3, 0.4) is 0 Å². The van der Waals surface area contributed by atoms with E-state index in [1.54, 1.807) is 0 Å². The highest BCUT2D eigenvalue weighted by Crippen LogP contribution is 2.39. The molecule has 0 saturated heterocycles. The van der Waals surface area contributed by atoms with Crippen LogP contribution in [-0.4, -0.2) is 16.3 Å². The van der Waals surface area contributed by atoms with Crippen molar-refractivity contribution >= 4 is 51.6 Å². The number of fused-ring (bicyclic) bond motifs is 1. The third kappa shape index (κ3) is 2.17. The molecule has 0 aromatic heterocycles. The number of rotatable bonds is 2. The second-order valence-corrected chi connectivity index (χ2v) is 5.75. The Morgan fingerprint density at radius 2 is 2.31 bits per heavy atom. The molecule has 1 aliphatic rings. The van der Waals surface area contributed by atoms with E-state index in [-0.39, 0.29) is 0 Å². The summed E-state index contributed by atoms with van der Waals surface area (Å²) in [6.07, 6.45) is 2.12. The highest BCUT2D eigenvalue weighted by atomic mass is 127. The van der Waals surface area contributed by atoms with E-state index < -0.39 is 0 Å². The van der Waals surface area contributed by atoms with Gasteiger partial charge in [0.05, 0.1) is 4.55 Å². The molecule has 0 bridgehead atoms. The molecule has 0 spiro atoms. The molecule has 2 atom stereocenters. The van der Waals surface area contributed by atoms with Crippen LogP contribution >= 0.6 is 46.0 Å². The van der Waals surface area contributed by atoms with E-state index in [2.05, 4.69) is 52.1 Å². The Kier molecular flexibility index (Phi) is 4.26. The van der Waals surface area contributed by atoms with Crippen molar-refractivity contribution in [1.29, 1.82) is 0 Å². The summed E-state index contributed by atoms with van der Waals surface area (Å²) >= 11 is 10.5. The average Bonchev–Trinajstić information content (AvgIpc) is 2.28. The summed E-state index contributed by atoms with van der Waals surface area (Å²) < 4.78 is 0.955. The smallest absolute Gasteiger partial charge is 0.129 e. The number of hydrogen-bond donors (Lipinski definition) is 1. The second kappa shape index (κ2) is 5.33. The molecule has 1 heterocycles. The molecular formula is C11H14ClIN2S. The normalized spacial score (nSPS) is 24.4. The number of benzene rings is 1. The molecular weight excluding hydrogens is 355 g/mol. The van der Waals surface area contributed by atoms with E-state index in [0.717, 1.165) is 9.57 Å². The van der Waals surface area contributed by atoms with Crippen LogP contribution in [0.1, 0.15) is 18.5 Å². The monoisotopic (exact) mass is 368 g/mol. The van der Waals surface area contributed by atoms with Crippen LogP contribution in [-0.2, 0) is 0 Å². The summed E-state index contributed by atoms with van der Waals surface area (Å²) in [5.41, 5.74) is 2.80. The van der Waals surface area contributed by atoms with Gasteiger partial charge >= 0.3 is 0 Å². The minimum atomic E-state index is 0.306. The van der Waals surface area contributed by atoms with Crippen molar-refractivity contribution < 1.29 is 0 Å². The predicted octanol–water partition coefficient (Wildman–Crippen LogP) is 3.85. The van der Waals surface area contributed by atoms with Crippen molar-refractivity contribution in [1.82, 2.24) is 5.32 Å². The van der Waals surface area contributed by atoms with E-state index in [1.165, 1.54) is 11.3 Å². The third-order valence-corrected chi connectivity index (χ3v) is 4.70. The minimum Gasteiger partial charge on any atom is -0.338 e. The van der Waals surface area contributed by atoms with Crippen LogP contribution in [0.2, 0.25) is 5.02 Å². The number of halogens is 2. The van der Waals surface area contributed by atoms with Gasteiger partial charge in [0.25, 0.3) is 0 Å². The second-order valence-electron chi connectivity index (χ2n) is 3.74. The Morgan fingerprint density at radius 1 is 1.56 bits per heavy atom. The van der Waals surface area contributed by atoms with Gasteiger partial charge in [0, 0.05) is 22.3 Å². The molecule has 5 heteroatoms. The summed E-state index contributed by atoms with van der Waals surface area (Å²) in [5, 5.41) is 4.42. The Labute approximate surface area is 119 Å². The molecule has 0 aliphatic carbocycles. The Bertz CT molecular complexity index is 388. The van der Waals surface area contributed by atoms with E-state index in [4.69, 9.17) is 11.6 Å². The molecule has 0 saturated carbocycles. The zero-order valence-corrected chi connectivity index (χ0v) is 12.9. The largest absolute Gasteiger partial charge is 0.338 e. The standard InChI is InChI=1S/C11H14ClIN2S/c1-7-10-8(12)4-3-5-9(10)15(6-13)11(14-7)16-2/h3-5,7,11,14H,6H2,1-2H3. The SMILES string of the molecule is CSC1NC(C)c2c(Cl)cccc2N1CI. The molecule has 0 amide bonds. The molecule has 2 rings (SSSR count). The lowest BCUT2D eigenvalue weighted by Crippen LogP contribution is -2.48. The molecule has 1 N–H and O–H groups in total. The van der Waals surface area contributed by atoms with Gasteiger partial charge in [0.2, 0.25) is 0 Å². The number of alkyl halides is 1. The Morgan fingerprint density at radius 3 is 2.94 bits per heavy atom. The summed E-state index contributed by atoms with van der Waals surface area (Å²) in [5.74, 6) is 0. The van der Waals surface area contributed by atoms with Crippen molar-refractivity contribution in [2.45, 2.75) is 18.5 Å². The predicted molar refractivity (Wildman–Crippen MR) is 81.7 cm³/mol. The molecule has 2 nitrogen and oxygen atoms in total. The lowest BCUT2D eigenvalue weighted by atomic mass is 10.0. The fourth-order valence-electron chi connectivity index (χ4n) is 2.04. The maximum Gasteiger partial charge on any atom is 0.129 e. The van der Waals surface area contributed by atoms with Crippen molar-refractivity contribution in [3.8, 4) is 0 Å². The fourth-order valence-corrected chi connectivity index (χ4v) is 4.19. The third-order valence-electron chi connectivity index (χ3n) is 2.80. The van der Waals surface area contributed by atoms with Gasteiger partial charge in [0.15, 0.2) is 0 Å². The molecule has 1 aliphatic heterocycles. The van der Waals surface area contributed by atoms with Gasteiger partial charge in [-0.2, -0.15) is 0 Å². The van der Waals surface area contributed by atoms with Crippen LogP contribution in [0.15, 0.2) is 18.2 Å². The fraction of sp³-hybridized carbons (Fsp3) is 0.455. The van der Waals surface area contributed by atoms with Gasteiger partial charge in [-0.3, -0.25) is 5.32 Å². The van der Waals surface area contributed by atoms with Crippen LogP contribution < -0.4 is 10.2 Å². The summed E-state index contributed by atoms with van der Waals surface area (Å²) in [6, 6.07) is 6.44. The molecule has 0 radical (unpaired) electrons. The number of thioether (sulfide) groups is 1. The quantitative estimate of drug-likeness (QED) is 0.485. The zero-order valence-electron chi connectivity index (χ0n) is 9.21. The first-order valence-corrected chi connectivity index (χ1v) is 8.28. The van der Waals surface area contributed by atoms with E-state index in [9.17, 15) is 0 Å². The molecule has 2 unspecified atom stereocenters. The maximum atomic E-state index is 6.27. The summed E-state index contributed by atoms with van der Waals surface area (Å²) in [4.78, 5) is 2.34. The number of hydrogen-bond acceptors (Lipinski definition) is 3. The van der Waals surface area contributed by atoms with Crippen molar-refractivity contribution in [2.75, 3.05) is 15.7 Å². The Hall–Kier alpha value is 0.350. The molecule has 1 aromatic rings. The lowest BCUT2D eigenvalue weighted by molar-refractivity contribution is 0.517. The van der Waals surface area contributed by atoms with Crippen LogP contribution in [0.5, 0.6) is 0 Å². The highest BCUT2D eigenvalue weighted by Gasteiger charge is 2.29. The first kappa shape index (κ1) is 12.8. The van der Waals surface area contributed by atoms with Crippen LogP contribution in [0, 0.1) is 0 Å². The minimum absolute atomic E-state index is 0.306. The number of anilines is 1. The van der Waals surface area contributed by atoms with Crippen molar-refractivity contribution in [2.24, 2.45) is 0 Å². The lowest BCUT2D eigenvalue weighted by Gasteiger charge is -2.40. The first-order valence-electron chi connectivity index (χ1n) is 5.09. The van der Waals surface area contributed by atoms with Gasteiger partial charge < -0.3 is 4.90 Å². The van der Waals surface area contributed by atoms with Gasteiger partial charge in [0.1, 0.15) is 5.50 Å². The maximum absolute atomic E-state index is 6.27. The number of nitrogens with one attached hydrogen (secondary N) is 1. The van der Waals surface area contributed by atoms with E-state index in [1.807, 2.05) is 23.9 Å². The molecule has 16 heavy (non-hydrogen) atoms. The highest BCUT2D eigenvalue weighted by molar-refractivity contribution is 14.1. The van der Waals surface area contributed by atoms with E-state index in [0.29, 0.717) is 11.5 Å². The topological polar surface area (TPSA) is 15.3 Å². The number of nitrogens with zero attached hydrogens (tertiary/aromatic N) is 1. The molecule has 0 fully saturated rings. The van der Waals surface area contributed by atoms with Crippen LogP contribution in [0.25, 0.3) is 0 Å². The summed E-state index contributed by atoms with van der Waals surface area (Å²) in [6.45, 7) is 2.17. The molecule has 1 aromatic carbocycles. The van der Waals surface area contributed by atoms with Gasteiger partial charge in [-0.15, -0.1) is 11.8 Å².